The van der Waals surface area contributed by atoms with Crippen LogP contribution in [0.5, 0.6) is 0 Å². The molecule has 0 fully saturated rings. The van der Waals surface area contributed by atoms with Gasteiger partial charge in [0.25, 0.3) is 0 Å². The highest BCUT2D eigenvalue weighted by Gasteiger charge is 2.19. The van der Waals surface area contributed by atoms with Crippen LogP contribution >= 0.6 is 0 Å². The molecule has 2 aromatic carbocycles. The van der Waals surface area contributed by atoms with E-state index in [1.807, 2.05) is 60.7 Å². The van der Waals surface area contributed by atoms with Gasteiger partial charge in [-0.3, -0.25) is 19.0 Å². The zero-order valence-electron chi connectivity index (χ0n) is 13.3. The summed E-state index contributed by atoms with van der Waals surface area (Å²) in [6.07, 6.45) is 2.06. The minimum absolute atomic E-state index is 0.334. The third kappa shape index (κ3) is 3.92. The molecule has 1 N–H and O–H groups in total. The number of esters is 1. The second-order valence-electron chi connectivity index (χ2n) is 5.41. The van der Waals surface area contributed by atoms with Gasteiger partial charge in [0.1, 0.15) is 6.54 Å². The molecule has 0 bridgehead atoms. The van der Waals surface area contributed by atoms with Crippen molar-refractivity contribution in [2.75, 3.05) is 0 Å². The maximum absolute atomic E-state index is 12.3. The number of nitrogens with one attached hydrogen (secondary N) is 1. The van der Waals surface area contributed by atoms with Crippen LogP contribution in [0.15, 0.2) is 82.6 Å². The van der Waals surface area contributed by atoms with Crippen LogP contribution in [0, 0.1) is 0 Å². The zero-order chi connectivity index (χ0) is 17.6. The van der Waals surface area contributed by atoms with E-state index < -0.39 is 23.2 Å². The molecule has 0 aliphatic carbocycles. The van der Waals surface area contributed by atoms with Gasteiger partial charge in [-0.05, 0) is 11.1 Å². The predicted octanol–water partition coefficient (Wildman–Crippen LogP) is 1.87. The number of carbonyl (C=O) groups is 1. The van der Waals surface area contributed by atoms with Gasteiger partial charge in [-0.15, -0.1) is 0 Å². The molecule has 25 heavy (non-hydrogen) atoms. The highest BCUT2D eigenvalue weighted by Crippen LogP contribution is 2.25. The fourth-order valence-corrected chi connectivity index (χ4v) is 2.48. The lowest BCUT2D eigenvalue weighted by atomic mass is 10.0. The molecule has 3 rings (SSSR count). The molecule has 0 aliphatic heterocycles. The van der Waals surface area contributed by atoms with E-state index in [9.17, 15) is 14.4 Å². The molecule has 3 aromatic rings. The second-order valence-corrected chi connectivity index (χ2v) is 5.41. The maximum Gasteiger partial charge on any atom is 0.327 e. The summed E-state index contributed by atoms with van der Waals surface area (Å²) in [5, 5.41) is 0. The van der Waals surface area contributed by atoms with Crippen LogP contribution in [-0.4, -0.2) is 15.5 Å². The maximum atomic E-state index is 12.3. The number of aromatic nitrogens is 2. The van der Waals surface area contributed by atoms with Gasteiger partial charge in [0.05, 0.1) is 0 Å². The second kappa shape index (κ2) is 7.44. The van der Waals surface area contributed by atoms with Crippen LogP contribution in [0.1, 0.15) is 17.2 Å². The van der Waals surface area contributed by atoms with Gasteiger partial charge in [-0.1, -0.05) is 60.7 Å². The Labute approximate surface area is 143 Å². The molecule has 0 spiro atoms. The van der Waals surface area contributed by atoms with E-state index in [0.717, 1.165) is 15.7 Å². The highest BCUT2D eigenvalue weighted by molar-refractivity contribution is 5.70. The van der Waals surface area contributed by atoms with Gasteiger partial charge in [0, 0.05) is 12.4 Å². The molecule has 0 aliphatic rings. The summed E-state index contributed by atoms with van der Waals surface area (Å²) in [5.41, 5.74) is 0.0639. The number of rotatable bonds is 5. The molecule has 1 aromatic heterocycles. The van der Waals surface area contributed by atoms with Crippen molar-refractivity contribution in [2.45, 2.75) is 12.6 Å². The molecule has 6 nitrogen and oxygen atoms in total. The van der Waals surface area contributed by atoms with E-state index >= 15 is 0 Å². The first-order chi connectivity index (χ1) is 12.1. The van der Waals surface area contributed by atoms with Crippen LogP contribution in [0.2, 0.25) is 0 Å². The zero-order valence-corrected chi connectivity index (χ0v) is 13.3. The average Bonchev–Trinajstić information content (AvgIpc) is 2.65. The lowest BCUT2D eigenvalue weighted by Crippen LogP contribution is -2.37. The SMILES string of the molecule is O=C(Cn1cc[nH]c(=O)c1=O)OC(c1ccccc1)c1ccccc1. The lowest BCUT2D eigenvalue weighted by Gasteiger charge is -2.19. The first kappa shape index (κ1) is 16.4. The Bertz CT molecular complexity index is 922. The van der Waals surface area contributed by atoms with Crippen LogP contribution < -0.4 is 11.1 Å². The summed E-state index contributed by atoms with van der Waals surface area (Å²) in [7, 11) is 0. The summed E-state index contributed by atoms with van der Waals surface area (Å²) < 4.78 is 6.63. The Morgan fingerprint density at radius 1 is 0.960 bits per heavy atom. The van der Waals surface area contributed by atoms with Crippen molar-refractivity contribution in [2.24, 2.45) is 0 Å². The highest BCUT2D eigenvalue weighted by atomic mass is 16.5. The lowest BCUT2D eigenvalue weighted by molar-refractivity contribution is -0.148. The van der Waals surface area contributed by atoms with E-state index in [-0.39, 0.29) is 6.54 Å². The van der Waals surface area contributed by atoms with E-state index in [2.05, 4.69) is 4.98 Å². The normalized spacial score (nSPS) is 10.6. The monoisotopic (exact) mass is 336 g/mol. The minimum atomic E-state index is -0.796. The van der Waals surface area contributed by atoms with Crippen LogP contribution in [0.3, 0.4) is 0 Å². The average molecular weight is 336 g/mol. The third-order valence-electron chi connectivity index (χ3n) is 3.68. The number of ether oxygens (including phenoxy) is 1. The molecule has 0 radical (unpaired) electrons. The van der Waals surface area contributed by atoms with E-state index in [4.69, 9.17) is 4.74 Å². The van der Waals surface area contributed by atoms with Crippen LogP contribution in [0.25, 0.3) is 0 Å². The quantitative estimate of drug-likeness (QED) is 0.570. The van der Waals surface area contributed by atoms with Crippen molar-refractivity contribution in [3.63, 3.8) is 0 Å². The standard InChI is InChI=1S/C19H16N2O4/c22-16(13-21-12-11-20-18(23)19(21)24)25-17(14-7-3-1-4-8-14)15-9-5-2-6-10-15/h1-12,17H,13H2,(H,20,23). The predicted molar refractivity (Wildman–Crippen MR) is 92.1 cm³/mol. The number of benzene rings is 2. The summed E-state index contributed by atoms with van der Waals surface area (Å²) in [5.74, 6) is -0.606. The molecule has 126 valence electrons. The number of hydrogen-bond acceptors (Lipinski definition) is 4. The van der Waals surface area contributed by atoms with Crippen molar-refractivity contribution in [3.05, 3.63) is 105 Å². The van der Waals surface area contributed by atoms with E-state index in [0.29, 0.717) is 0 Å². The number of nitrogens with zero attached hydrogens (tertiary/aromatic N) is 1. The van der Waals surface area contributed by atoms with Crippen LogP contribution in [0.4, 0.5) is 0 Å². The van der Waals surface area contributed by atoms with Crippen molar-refractivity contribution >= 4 is 5.97 Å². The number of H-pyrrole nitrogens is 1. The van der Waals surface area contributed by atoms with Gasteiger partial charge in [0.2, 0.25) is 0 Å². The van der Waals surface area contributed by atoms with Crippen molar-refractivity contribution < 1.29 is 9.53 Å². The van der Waals surface area contributed by atoms with Crippen molar-refractivity contribution in [1.82, 2.24) is 9.55 Å². The largest absolute Gasteiger partial charge is 0.451 e. The summed E-state index contributed by atoms with van der Waals surface area (Å²) in [6, 6.07) is 18.7. The first-order valence-corrected chi connectivity index (χ1v) is 7.72. The number of carbonyl (C=O) groups excluding carboxylic acids is 1. The molecular formula is C19H16N2O4. The molecule has 0 saturated heterocycles. The summed E-state index contributed by atoms with van der Waals surface area (Å²) in [6.45, 7) is -0.334. The molecule has 0 atom stereocenters. The van der Waals surface area contributed by atoms with Gasteiger partial charge < -0.3 is 9.72 Å². The van der Waals surface area contributed by atoms with Gasteiger partial charge in [-0.25, -0.2) is 0 Å². The Hall–Kier alpha value is -3.41. The third-order valence-corrected chi connectivity index (χ3v) is 3.68. The molecule has 0 unspecified atom stereocenters. The van der Waals surface area contributed by atoms with Crippen molar-refractivity contribution in [1.29, 1.82) is 0 Å². The molecule has 0 saturated carbocycles. The smallest absolute Gasteiger partial charge is 0.327 e. The van der Waals surface area contributed by atoms with E-state index in [1.165, 1.54) is 12.4 Å². The number of aromatic amines is 1. The molecule has 0 amide bonds. The fraction of sp³-hybridized carbons (Fsp3) is 0.105. The van der Waals surface area contributed by atoms with Gasteiger partial charge in [0.15, 0.2) is 6.10 Å². The Kier molecular flexibility index (Phi) is 4.89. The Morgan fingerprint density at radius 3 is 2.08 bits per heavy atom. The molecule has 6 heteroatoms. The molecular weight excluding hydrogens is 320 g/mol. The van der Waals surface area contributed by atoms with E-state index in [1.54, 1.807) is 0 Å². The molecule has 1 heterocycles. The summed E-state index contributed by atoms with van der Waals surface area (Å²) >= 11 is 0. The van der Waals surface area contributed by atoms with Gasteiger partial charge in [-0.2, -0.15) is 0 Å². The first-order valence-electron chi connectivity index (χ1n) is 7.72. The van der Waals surface area contributed by atoms with Crippen LogP contribution in [-0.2, 0) is 16.1 Å². The van der Waals surface area contributed by atoms with Crippen molar-refractivity contribution in [3.8, 4) is 0 Å². The van der Waals surface area contributed by atoms with Gasteiger partial charge >= 0.3 is 17.1 Å². The minimum Gasteiger partial charge on any atom is -0.451 e. The summed E-state index contributed by atoms with van der Waals surface area (Å²) in [4.78, 5) is 37.7. The topological polar surface area (TPSA) is 81.2 Å². The Morgan fingerprint density at radius 2 is 1.52 bits per heavy atom. The fourth-order valence-electron chi connectivity index (χ4n) is 2.48. The Balaban J connectivity index is 1.85. The number of hydrogen-bond donors (Lipinski definition) is 1.